The van der Waals surface area contributed by atoms with Gasteiger partial charge in [-0.15, -0.1) is 0 Å². The minimum absolute atomic E-state index is 0.0152. The Balaban J connectivity index is 1.07. The predicted octanol–water partition coefficient (Wildman–Crippen LogP) is 9.15. The molecule has 0 amide bonds. The Morgan fingerprint density at radius 2 is 1.72 bits per heavy atom. The second-order valence-corrected chi connectivity index (χ2v) is 23.2. The van der Waals surface area contributed by atoms with E-state index in [0.29, 0.717) is 72.5 Å². The van der Waals surface area contributed by atoms with Crippen molar-refractivity contribution in [1.29, 1.82) is 0 Å². The van der Waals surface area contributed by atoms with Crippen LogP contribution >= 0.6 is 21.6 Å². The van der Waals surface area contributed by atoms with Crippen LogP contribution in [0.2, 0.25) is 0 Å². The first-order valence-electron chi connectivity index (χ1n) is 25.4. The molecule has 2 heterocycles. The number of ether oxygens (including phenoxy) is 1. The molecule has 1 aliphatic heterocycles. The largest absolute Gasteiger partial charge is 0.508 e. The second-order valence-electron chi connectivity index (χ2n) is 20.7. The molecule has 1 aromatic heterocycles. The Morgan fingerprint density at radius 1 is 0.917 bits per heavy atom. The van der Waals surface area contributed by atoms with E-state index in [-0.39, 0.29) is 61.0 Å². The third-order valence-corrected chi connectivity index (χ3v) is 18.5. The summed E-state index contributed by atoms with van der Waals surface area (Å²) in [6.45, 7) is -0.0944. The van der Waals surface area contributed by atoms with Gasteiger partial charge in [-0.3, -0.25) is 9.59 Å². The standard InChI is InChI=1S/C59H67N3O8S2/c60-57(61)48-29-41-7-4-8-51-46(19-23-62-51)54(68)31-49-47(41)30-42(48)34-71-72-36-59-21-17-43(25-40(26-45(65)33-63)10-9-37-5-2-1-3-6-37)58(35-59,32-56(59)69)22-18-44(64)14-11-38-13-16-53(67)55(28-38)70-24-20-39-12-15-52(66)50(49)27-39/h1-3,5-6,12-13,15-16,18-19,22-23,27-30,40,43,45,49,56-57,62-63,65-67,69H,8-11,14,17,20-21,24-26,31-36,60-61H2/b22-18+/t40-,43+,45-,49+,56-,58+,59+/m0/s1. The highest BCUT2D eigenvalue weighted by Gasteiger charge is 2.59. The maximum absolute atomic E-state index is 14.3. The summed E-state index contributed by atoms with van der Waals surface area (Å²) >= 11 is 0. The molecule has 4 aliphatic rings. The van der Waals surface area contributed by atoms with Crippen molar-refractivity contribution in [3.8, 4) is 29.1 Å². The van der Waals surface area contributed by atoms with Gasteiger partial charge >= 0.3 is 0 Å². The number of rotatable bonds is 9. The Bertz CT molecular complexity index is 2840. The lowest BCUT2D eigenvalue weighted by Gasteiger charge is -2.45. The zero-order valence-corrected chi connectivity index (χ0v) is 42.4. The van der Waals surface area contributed by atoms with Crippen molar-refractivity contribution in [3.63, 3.8) is 0 Å². The van der Waals surface area contributed by atoms with Gasteiger partial charge in [-0.25, -0.2) is 0 Å². The van der Waals surface area contributed by atoms with E-state index in [9.17, 15) is 35.1 Å². The van der Waals surface area contributed by atoms with E-state index >= 15 is 0 Å². The average Bonchev–Trinajstić information content (AvgIpc) is 3.94. The first kappa shape index (κ1) is 51.6. The average molecular weight is 1010 g/mol. The van der Waals surface area contributed by atoms with Crippen LogP contribution < -0.4 is 16.2 Å². The molecule has 11 nitrogen and oxygen atoms in total. The van der Waals surface area contributed by atoms with Gasteiger partial charge in [0.25, 0.3) is 0 Å². The number of nitrogens with one attached hydrogen (secondary N) is 1. The van der Waals surface area contributed by atoms with Crippen LogP contribution in [0.1, 0.15) is 130 Å². The molecular weight excluding hydrogens is 943 g/mol. The maximum Gasteiger partial charge on any atom is 0.165 e. The van der Waals surface area contributed by atoms with Gasteiger partial charge in [-0.2, -0.15) is 0 Å². The Kier molecular flexibility index (Phi) is 16.4. The zero-order chi connectivity index (χ0) is 50.4. The number of Topliss-reactive ketones (excluding diaryl/α,β-unsaturated/α-hetero) is 1. The second kappa shape index (κ2) is 22.9. The summed E-state index contributed by atoms with van der Waals surface area (Å²) in [4.78, 5) is 31.4. The summed E-state index contributed by atoms with van der Waals surface area (Å²) in [5.74, 6) is 7.79. The third kappa shape index (κ3) is 11.7. The number of H-pyrrole nitrogens is 1. The SMILES string of the molecule is NC(N)c1cc2c3cc1CSSC[C@]14CC[C@H](C[C@H](CCc5ccccc5)C[C@H](O)CO)[C@](/C=C/C(=O)CCc5ccc(O)c(c5)OCCc5ccc(O)c(c5)[C@@H]3CC(=O)c3cc[nH]c3CC#C2)(C[C@@H]1O)C4. The van der Waals surface area contributed by atoms with E-state index in [1.54, 1.807) is 64.2 Å². The molecule has 10 N–H and O–H groups in total. The van der Waals surface area contributed by atoms with Crippen LogP contribution in [0, 0.1) is 34.5 Å². The molecule has 13 heteroatoms. The minimum Gasteiger partial charge on any atom is -0.508 e. The lowest BCUT2D eigenvalue weighted by Crippen LogP contribution is -2.39. The normalized spacial score (nSPS) is 24.9. The third-order valence-electron chi connectivity index (χ3n) is 16.0. The van der Waals surface area contributed by atoms with E-state index in [2.05, 4.69) is 41.1 Å². The molecule has 378 valence electrons. The number of ketones is 2. The van der Waals surface area contributed by atoms with Gasteiger partial charge in [0.15, 0.2) is 23.1 Å². The highest BCUT2D eigenvalue weighted by molar-refractivity contribution is 8.76. The van der Waals surface area contributed by atoms with Crippen LogP contribution in [0.25, 0.3) is 0 Å². The molecule has 2 saturated carbocycles. The molecular formula is C59H67N3O8S2. The van der Waals surface area contributed by atoms with E-state index in [1.165, 1.54) is 5.56 Å². The summed E-state index contributed by atoms with van der Waals surface area (Å²) in [5.41, 5.74) is 20.1. The van der Waals surface area contributed by atoms with Crippen molar-refractivity contribution in [2.45, 2.75) is 114 Å². The van der Waals surface area contributed by atoms with Crippen molar-refractivity contribution in [2.75, 3.05) is 19.0 Å². The molecule has 2 fully saturated rings. The van der Waals surface area contributed by atoms with Crippen LogP contribution in [0.3, 0.4) is 0 Å². The number of allylic oxidation sites excluding steroid dienone is 2. The number of aryl methyl sites for hydroxylation is 2. The molecule has 5 aromatic rings. The summed E-state index contributed by atoms with van der Waals surface area (Å²) in [5, 5.41) is 55.5. The van der Waals surface area contributed by atoms with Crippen LogP contribution in [0.15, 0.2) is 103 Å². The number of aromatic amines is 1. The van der Waals surface area contributed by atoms with Gasteiger partial charge in [0.05, 0.1) is 38.0 Å². The number of fused-ring (bicyclic) bond motifs is 7. The maximum atomic E-state index is 14.3. The van der Waals surface area contributed by atoms with Crippen molar-refractivity contribution in [3.05, 3.63) is 159 Å². The van der Waals surface area contributed by atoms with Gasteiger partial charge in [0.1, 0.15) is 5.75 Å². The zero-order valence-electron chi connectivity index (χ0n) is 40.7. The summed E-state index contributed by atoms with van der Waals surface area (Å²) in [6.07, 6.45) is 10.7. The van der Waals surface area contributed by atoms with Crippen LogP contribution in [-0.2, 0) is 36.2 Å². The highest BCUT2D eigenvalue weighted by atomic mass is 33.1. The van der Waals surface area contributed by atoms with Gasteiger partial charge in [0, 0.05) is 70.7 Å². The molecule has 0 unspecified atom stereocenters. The van der Waals surface area contributed by atoms with Crippen molar-refractivity contribution >= 4 is 33.2 Å². The van der Waals surface area contributed by atoms with E-state index in [1.807, 2.05) is 36.4 Å². The fraction of sp³-hybridized carbons (Fsp3) is 0.424. The minimum atomic E-state index is -0.832. The lowest BCUT2D eigenvalue weighted by molar-refractivity contribution is -0.114. The van der Waals surface area contributed by atoms with E-state index < -0.39 is 35.1 Å². The quantitative estimate of drug-likeness (QED) is 0.0395. The number of hydrogen-bond acceptors (Lipinski definition) is 12. The number of hydrogen-bond donors (Lipinski definition) is 8. The molecule has 0 radical (unpaired) electrons. The summed E-state index contributed by atoms with van der Waals surface area (Å²) in [7, 11) is 3.39. The number of aromatic hydroxyl groups is 2. The fourth-order valence-electron chi connectivity index (χ4n) is 12.0. The van der Waals surface area contributed by atoms with Crippen LogP contribution in [0.4, 0.5) is 0 Å². The smallest absolute Gasteiger partial charge is 0.165 e. The first-order valence-corrected chi connectivity index (χ1v) is 27.9. The number of aromatic nitrogens is 1. The first-order chi connectivity index (χ1) is 34.8. The fourth-order valence-corrected chi connectivity index (χ4v) is 14.8. The molecule has 4 aromatic carbocycles. The number of carbonyl (C=O) groups is 2. The molecule has 0 spiro atoms. The monoisotopic (exact) mass is 1010 g/mol. The molecule has 72 heavy (non-hydrogen) atoms. The predicted molar refractivity (Wildman–Crippen MR) is 285 cm³/mol. The van der Waals surface area contributed by atoms with Crippen molar-refractivity contribution < 1.29 is 39.9 Å². The number of phenols is 2. The number of benzene rings is 4. The van der Waals surface area contributed by atoms with Crippen LogP contribution in [-0.4, -0.2) is 73.3 Å². The number of carbonyl (C=O) groups excluding carboxylic acids is 2. The Labute approximate surface area is 430 Å². The number of aliphatic hydroxyl groups excluding tert-OH is 3. The Morgan fingerprint density at radius 3 is 2.53 bits per heavy atom. The molecule has 7 atom stereocenters. The summed E-state index contributed by atoms with van der Waals surface area (Å²) < 4.78 is 6.19. The number of aliphatic hydroxyl groups is 3. The van der Waals surface area contributed by atoms with Gasteiger partial charge in [-0.1, -0.05) is 94.1 Å². The number of phenolic OH excluding ortho intramolecular Hbond substituents is 2. The molecule has 3 aliphatic carbocycles. The van der Waals surface area contributed by atoms with Crippen molar-refractivity contribution in [2.24, 2.45) is 34.1 Å². The van der Waals surface area contributed by atoms with Gasteiger partial charge in [0.2, 0.25) is 0 Å². The van der Waals surface area contributed by atoms with E-state index in [4.69, 9.17) is 16.2 Å². The topological polar surface area (TPSA) is 212 Å². The molecule has 0 saturated heterocycles. The van der Waals surface area contributed by atoms with E-state index in [0.717, 1.165) is 65.6 Å². The number of nitrogens with two attached hydrogens (primary N) is 2. The molecule has 9 rings (SSSR count). The van der Waals surface area contributed by atoms with Crippen molar-refractivity contribution in [1.82, 2.24) is 4.98 Å². The molecule has 8 bridgehead atoms. The van der Waals surface area contributed by atoms with Gasteiger partial charge < -0.3 is 46.7 Å². The highest BCUT2D eigenvalue weighted by Crippen LogP contribution is 2.64. The van der Waals surface area contributed by atoms with Gasteiger partial charge in [-0.05, 0) is 145 Å². The Hall–Kier alpha value is -5.30. The van der Waals surface area contributed by atoms with Crippen LogP contribution in [0.5, 0.6) is 17.2 Å². The summed E-state index contributed by atoms with van der Waals surface area (Å²) in [6, 6.07) is 26.7. The lowest BCUT2D eigenvalue weighted by atomic mass is 9.60.